The summed E-state index contributed by atoms with van der Waals surface area (Å²) in [5.41, 5.74) is 1.06. The molecule has 0 radical (unpaired) electrons. The van der Waals surface area contributed by atoms with E-state index in [1.165, 1.54) is 0 Å². The topological polar surface area (TPSA) is 62.2 Å². The number of rotatable bonds is 3. The van der Waals surface area contributed by atoms with Gasteiger partial charge in [0.05, 0.1) is 5.60 Å². The van der Waals surface area contributed by atoms with Crippen molar-refractivity contribution in [1.29, 1.82) is 0 Å². The van der Waals surface area contributed by atoms with E-state index in [4.69, 9.17) is 0 Å². The predicted molar refractivity (Wildman–Crippen MR) is 78.6 cm³/mol. The van der Waals surface area contributed by atoms with Gasteiger partial charge >= 0.3 is 0 Å². The molecule has 0 unspecified atom stereocenters. The lowest BCUT2D eigenvalue weighted by atomic mass is 9.96. The quantitative estimate of drug-likeness (QED) is 0.901. The number of aryl methyl sites for hydroxylation is 1. The van der Waals surface area contributed by atoms with Crippen molar-refractivity contribution >= 4 is 11.7 Å². The molecule has 1 heterocycles. The predicted octanol–water partition coefficient (Wildman–Crippen LogP) is 2.87. The average molecular weight is 270 g/mol. The molecule has 2 N–H and O–H groups in total. The molecule has 0 aliphatic heterocycles. The Kier molecular flexibility index (Phi) is 3.86. The maximum Gasteiger partial charge on any atom is 0.256 e. The summed E-state index contributed by atoms with van der Waals surface area (Å²) in [6.45, 7) is 5.24. The van der Waals surface area contributed by atoms with E-state index in [2.05, 4.69) is 10.3 Å². The molecule has 1 amide bonds. The molecule has 20 heavy (non-hydrogen) atoms. The van der Waals surface area contributed by atoms with Gasteiger partial charge in [-0.05, 0) is 50.6 Å². The average Bonchev–Trinajstić information content (AvgIpc) is 2.38. The van der Waals surface area contributed by atoms with E-state index in [9.17, 15) is 9.90 Å². The molecule has 4 heteroatoms. The Morgan fingerprint density at radius 1 is 1.20 bits per heavy atom. The summed E-state index contributed by atoms with van der Waals surface area (Å²) in [5, 5.41) is 12.7. The molecule has 0 bridgehead atoms. The molecule has 0 aliphatic carbocycles. The summed E-state index contributed by atoms with van der Waals surface area (Å²) >= 11 is 0. The zero-order chi connectivity index (χ0) is 14.8. The lowest BCUT2D eigenvalue weighted by Gasteiger charge is -2.18. The zero-order valence-corrected chi connectivity index (χ0v) is 11.8. The van der Waals surface area contributed by atoms with Crippen LogP contribution in [0.5, 0.6) is 0 Å². The standard InChI is InChI=1S/C16H18N2O2/c1-11-6-4-9-14(17-11)18-15(19)12-7-5-8-13(10-12)16(2,3)20/h4-10,20H,1-3H3,(H,17,18,19). The van der Waals surface area contributed by atoms with Crippen molar-refractivity contribution in [2.75, 3.05) is 5.32 Å². The third-order valence-corrected chi connectivity index (χ3v) is 2.96. The minimum absolute atomic E-state index is 0.241. The number of anilines is 1. The summed E-state index contributed by atoms with van der Waals surface area (Å²) in [6, 6.07) is 12.4. The van der Waals surface area contributed by atoms with E-state index < -0.39 is 5.60 Å². The van der Waals surface area contributed by atoms with E-state index in [1.54, 1.807) is 44.2 Å². The van der Waals surface area contributed by atoms with Crippen LogP contribution in [0.1, 0.15) is 35.5 Å². The van der Waals surface area contributed by atoms with E-state index in [1.807, 2.05) is 19.1 Å². The molecule has 0 saturated carbocycles. The fourth-order valence-electron chi connectivity index (χ4n) is 1.84. The second-order valence-corrected chi connectivity index (χ2v) is 5.26. The Bertz CT molecular complexity index is 630. The van der Waals surface area contributed by atoms with Crippen LogP contribution in [0.2, 0.25) is 0 Å². The zero-order valence-electron chi connectivity index (χ0n) is 11.8. The van der Waals surface area contributed by atoms with Crippen LogP contribution in [0.3, 0.4) is 0 Å². The van der Waals surface area contributed by atoms with Crippen LogP contribution in [0.15, 0.2) is 42.5 Å². The van der Waals surface area contributed by atoms with Gasteiger partial charge in [-0.1, -0.05) is 18.2 Å². The Labute approximate surface area is 118 Å². The van der Waals surface area contributed by atoms with Crippen LogP contribution < -0.4 is 5.32 Å². The Morgan fingerprint density at radius 3 is 2.55 bits per heavy atom. The van der Waals surface area contributed by atoms with Gasteiger partial charge in [-0.15, -0.1) is 0 Å². The van der Waals surface area contributed by atoms with Crippen LogP contribution in [0, 0.1) is 6.92 Å². The van der Waals surface area contributed by atoms with Crippen molar-refractivity contribution in [2.45, 2.75) is 26.4 Å². The number of amides is 1. The first-order valence-electron chi connectivity index (χ1n) is 6.44. The molecular weight excluding hydrogens is 252 g/mol. The lowest BCUT2D eigenvalue weighted by Crippen LogP contribution is -2.18. The molecule has 2 aromatic rings. The lowest BCUT2D eigenvalue weighted by molar-refractivity contribution is 0.0785. The van der Waals surface area contributed by atoms with Gasteiger partial charge < -0.3 is 10.4 Å². The third-order valence-electron chi connectivity index (χ3n) is 2.96. The van der Waals surface area contributed by atoms with Crippen LogP contribution in [0.25, 0.3) is 0 Å². The first-order chi connectivity index (χ1) is 9.36. The molecule has 104 valence electrons. The maximum absolute atomic E-state index is 12.2. The van der Waals surface area contributed by atoms with E-state index in [-0.39, 0.29) is 5.91 Å². The summed E-state index contributed by atoms with van der Waals surface area (Å²) < 4.78 is 0. The Hall–Kier alpha value is -2.20. The highest BCUT2D eigenvalue weighted by molar-refractivity contribution is 6.03. The van der Waals surface area contributed by atoms with Crippen molar-refractivity contribution in [1.82, 2.24) is 4.98 Å². The van der Waals surface area contributed by atoms with Crippen LogP contribution in [-0.2, 0) is 5.60 Å². The molecule has 1 aromatic carbocycles. The van der Waals surface area contributed by atoms with Gasteiger partial charge in [0, 0.05) is 11.3 Å². The molecule has 1 aromatic heterocycles. The number of aliphatic hydroxyl groups is 1. The number of carbonyl (C=O) groups excluding carboxylic acids is 1. The van der Waals surface area contributed by atoms with E-state index in [0.717, 1.165) is 5.69 Å². The summed E-state index contributed by atoms with van der Waals surface area (Å²) in [4.78, 5) is 16.4. The van der Waals surface area contributed by atoms with Crippen LogP contribution >= 0.6 is 0 Å². The minimum Gasteiger partial charge on any atom is -0.386 e. The first-order valence-corrected chi connectivity index (χ1v) is 6.44. The smallest absolute Gasteiger partial charge is 0.256 e. The van der Waals surface area contributed by atoms with Crippen molar-refractivity contribution in [2.24, 2.45) is 0 Å². The molecule has 0 spiro atoms. The fraction of sp³-hybridized carbons (Fsp3) is 0.250. The summed E-state index contributed by atoms with van der Waals surface area (Å²) in [6.07, 6.45) is 0. The van der Waals surface area contributed by atoms with E-state index >= 15 is 0 Å². The van der Waals surface area contributed by atoms with Gasteiger partial charge in [0.15, 0.2) is 0 Å². The van der Waals surface area contributed by atoms with Crippen molar-refractivity contribution < 1.29 is 9.90 Å². The number of carbonyl (C=O) groups is 1. The number of hydrogen-bond acceptors (Lipinski definition) is 3. The Morgan fingerprint density at radius 2 is 1.90 bits per heavy atom. The SMILES string of the molecule is Cc1cccc(NC(=O)c2cccc(C(C)(C)O)c2)n1. The number of nitrogens with one attached hydrogen (secondary N) is 1. The second kappa shape index (κ2) is 5.43. The Balaban J connectivity index is 2.22. The largest absolute Gasteiger partial charge is 0.386 e. The number of pyridine rings is 1. The fourth-order valence-corrected chi connectivity index (χ4v) is 1.84. The van der Waals surface area contributed by atoms with Gasteiger partial charge in [0.1, 0.15) is 5.82 Å². The second-order valence-electron chi connectivity index (χ2n) is 5.26. The van der Waals surface area contributed by atoms with Gasteiger partial charge in [-0.25, -0.2) is 4.98 Å². The third kappa shape index (κ3) is 3.42. The molecule has 4 nitrogen and oxygen atoms in total. The van der Waals surface area contributed by atoms with Crippen molar-refractivity contribution in [3.05, 3.63) is 59.3 Å². The van der Waals surface area contributed by atoms with Gasteiger partial charge in [0.25, 0.3) is 5.91 Å². The van der Waals surface area contributed by atoms with Crippen molar-refractivity contribution in [3.63, 3.8) is 0 Å². The van der Waals surface area contributed by atoms with E-state index in [0.29, 0.717) is 16.9 Å². The molecule has 0 saturated heterocycles. The minimum atomic E-state index is -0.974. The highest BCUT2D eigenvalue weighted by Crippen LogP contribution is 2.20. The molecular formula is C16H18N2O2. The molecule has 0 atom stereocenters. The molecule has 0 aliphatic rings. The summed E-state index contributed by atoms with van der Waals surface area (Å²) in [7, 11) is 0. The number of benzene rings is 1. The highest BCUT2D eigenvalue weighted by atomic mass is 16.3. The maximum atomic E-state index is 12.2. The number of aromatic nitrogens is 1. The monoisotopic (exact) mass is 270 g/mol. The van der Waals surface area contributed by atoms with Crippen LogP contribution in [-0.4, -0.2) is 16.0 Å². The van der Waals surface area contributed by atoms with Gasteiger partial charge in [0.2, 0.25) is 0 Å². The van der Waals surface area contributed by atoms with Gasteiger partial charge in [-0.2, -0.15) is 0 Å². The van der Waals surface area contributed by atoms with Crippen LogP contribution in [0.4, 0.5) is 5.82 Å². The highest BCUT2D eigenvalue weighted by Gasteiger charge is 2.17. The molecule has 0 fully saturated rings. The summed E-state index contributed by atoms with van der Waals surface area (Å²) in [5.74, 6) is 0.276. The normalized spacial score (nSPS) is 11.2. The first kappa shape index (κ1) is 14.2. The molecule has 2 rings (SSSR count). The van der Waals surface area contributed by atoms with Gasteiger partial charge in [-0.3, -0.25) is 4.79 Å². The number of hydrogen-bond donors (Lipinski definition) is 2. The van der Waals surface area contributed by atoms with Crippen molar-refractivity contribution in [3.8, 4) is 0 Å². The number of nitrogens with zero attached hydrogens (tertiary/aromatic N) is 1.